The van der Waals surface area contributed by atoms with E-state index in [1.807, 2.05) is 18.2 Å². The van der Waals surface area contributed by atoms with Crippen molar-refractivity contribution in [2.24, 2.45) is 5.73 Å². The van der Waals surface area contributed by atoms with Gasteiger partial charge in [-0.15, -0.1) is 37.2 Å². The van der Waals surface area contributed by atoms with E-state index in [0.717, 1.165) is 43.4 Å². The van der Waals surface area contributed by atoms with Crippen LogP contribution in [0.4, 0.5) is 5.69 Å². The number of hydrogen-bond acceptors (Lipinski definition) is 5. The Morgan fingerprint density at radius 1 is 1.04 bits per heavy atom. The minimum atomic E-state index is -0.331. The maximum atomic E-state index is 11.6. The number of nitrogens with zero attached hydrogens (tertiary/aromatic N) is 2. The van der Waals surface area contributed by atoms with Crippen molar-refractivity contribution in [1.29, 1.82) is 0 Å². The molecule has 4 N–H and O–H groups in total. The zero-order valence-electron chi connectivity index (χ0n) is 14.9. The predicted molar refractivity (Wildman–Crippen MR) is 117 cm³/mol. The molecule has 7 nitrogen and oxygen atoms in total. The van der Waals surface area contributed by atoms with E-state index in [2.05, 4.69) is 26.5 Å². The predicted octanol–water partition coefficient (Wildman–Crippen LogP) is 0.919. The van der Waals surface area contributed by atoms with Crippen molar-refractivity contribution in [3.63, 3.8) is 0 Å². The summed E-state index contributed by atoms with van der Waals surface area (Å²) in [4.78, 5) is 27.2. The quantitative estimate of drug-likeness (QED) is 0.560. The lowest BCUT2D eigenvalue weighted by atomic mass is 10.2. The molecule has 156 valence electrons. The maximum Gasteiger partial charge on any atom is 0.239 e. The molecule has 1 aromatic carbocycles. The highest BCUT2D eigenvalue weighted by molar-refractivity contribution is 6.30. The summed E-state index contributed by atoms with van der Waals surface area (Å²) in [6, 6.07) is 7.88. The van der Waals surface area contributed by atoms with Crippen molar-refractivity contribution in [2.45, 2.75) is 0 Å². The molecular weight excluding hydrogens is 436 g/mol. The van der Waals surface area contributed by atoms with Crippen LogP contribution >= 0.6 is 48.8 Å². The second kappa shape index (κ2) is 15.0. The number of nitrogens with one attached hydrogen (secondary N) is 2. The van der Waals surface area contributed by atoms with Gasteiger partial charge < -0.3 is 21.3 Å². The van der Waals surface area contributed by atoms with Crippen molar-refractivity contribution in [3.05, 3.63) is 29.3 Å². The van der Waals surface area contributed by atoms with Crippen LogP contribution in [0.1, 0.15) is 0 Å². The third kappa shape index (κ3) is 10.2. The minimum Gasteiger partial charge on any atom is -0.369 e. The van der Waals surface area contributed by atoms with Gasteiger partial charge in [-0.1, -0.05) is 17.7 Å². The maximum absolute atomic E-state index is 11.6. The molecule has 0 aromatic heterocycles. The van der Waals surface area contributed by atoms with Gasteiger partial charge in [0.25, 0.3) is 0 Å². The molecule has 1 aliphatic rings. The summed E-state index contributed by atoms with van der Waals surface area (Å²) in [6.45, 7) is 4.96. The standard InChI is InChI=1S/C16H24ClN5O2.3ClH/c17-13-2-1-3-14(10-13)22-8-6-21(7-9-22)5-4-19-16(24)12-20-15(23)11-18;;;/h1-3,10H,4-9,11-12,18H2,(H,19,24)(H,20,23);3*1H. The molecule has 0 saturated carbocycles. The summed E-state index contributed by atoms with van der Waals surface area (Å²) in [5.74, 6) is -0.531. The molecule has 27 heavy (non-hydrogen) atoms. The van der Waals surface area contributed by atoms with Crippen LogP contribution in [0.3, 0.4) is 0 Å². The molecule has 0 aliphatic carbocycles. The zero-order valence-corrected chi connectivity index (χ0v) is 18.1. The zero-order chi connectivity index (χ0) is 17.4. The smallest absolute Gasteiger partial charge is 0.239 e. The van der Waals surface area contributed by atoms with E-state index in [9.17, 15) is 9.59 Å². The Morgan fingerprint density at radius 2 is 1.70 bits per heavy atom. The first kappa shape index (κ1) is 28.3. The van der Waals surface area contributed by atoms with Gasteiger partial charge >= 0.3 is 0 Å². The average molecular weight is 463 g/mol. The van der Waals surface area contributed by atoms with Gasteiger partial charge in [-0.05, 0) is 18.2 Å². The molecule has 1 saturated heterocycles. The monoisotopic (exact) mass is 461 g/mol. The number of rotatable bonds is 7. The Hall–Kier alpha value is -0.960. The molecule has 1 fully saturated rings. The van der Waals surface area contributed by atoms with Gasteiger partial charge in [-0.25, -0.2) is 0 Å². The number of anilines is 1. The second-order valence-electron chi connectivity index (χ2n) is 5.64. The molecule has 0 unspecified atom stereocenters. The van der Waals surface area contributed by atoms with E-state index in [0.29, 0.717) is 6.54 Å². The van der Waals surface area contributed by atoms with Gasteiger partial charge in [-0.2, -0.15) is 0 Å². The first-order chi connectivity index (χ1) is 11.6. The molecule has 0 atom stereocenters. The van der Waals surface area contributed by atoms with E-state index < -0.39 is 0 Å². The van der Waals surface area contributed by atoms with Gasteiger partial charge in [0.15, 0.2) is 0 Å². The number of carbonyl (C=O) groups excluding carboxylic acids is 2. The fourth-order valence-corrected chi connectivity index (χ4v) is 2.75. The molecule has 2 rings (SSSR count). The molecular formula is C16H27Cl4N5O2. The summed E-state index contributed by atoms with van der Waals surface area (Å²) < 4.78 is 0. The molecule has 0 spiro atoms. The third-order valence-electron chi connectivity index (χ3n) is 3.93. The number of nitrogens with two attached hydrogens (primary N) is 1. The van der Waals surface area contributed by atoms with Crippen LogP contribution in [0.2, 0.25) is 5.02 Å². The highest BCUT2D eigenvalue weighted by Gasteiger charge is 2.17. The van der Waals surface area contributed by atoms with Gasteiger partial charge in [0.2, 0.25) is 11.8 Å². The van der Waals surface area contributed by atoms with E-state index in [-0.39, 0.29) is 62.1 Å². The largest absolute Gasteiger partial charge is 0.369 e. The summed E-state index contributed by atoms with van der Waals surface area (Å²) >= 11 is 6.03. The minimum absolute atomic E-state index is 0. The van der Waals surface area contributed by atoms with Gasteiger partial charge in [0, 0.05) is 50.0 Å². The fraction of sp³-hybridized carbons (Fsp3) is 0.500. The Balaban J connectivity index is 0. The summed E-state index contributed by atoms with van der Waals surface area (Å²) in [6.07, 6.45) is 0. The number of benzene rings is 1. The number of halogens is 4. The molecule has 1 aromatic rings. The Kier molecular flexibility index (Phi) is 15.7. The normalized spacial score (nSPS) is 13.5. The SMILES string of the molecule is Cl.Cl.Cl.NCC(=O)NCC(=O)NCCN1CCN(c2cccc(Cl)c2)CC1. The average Bonchev–Trinajstić information content (AvgIpc) is 2.60. The number of piperazine rings is 1. The van der Waals surface area contributed by atoms with Crippen molar-refractivity contribution >= 4 is 66.3 Å². The van der Waals surface area contributed by atoms with Crippen molar-refractivity contribution in [3.8, 4) is 0 Å². The van der Waals surface area contributed by atoms with E-state index in [1.165, 1.54) is 0 Å². The third-order valence-corrected chi connectivity index (χ3v) is 4.16. The summed E-state index contributed by atoms with van der Waals surface area (Å²) in [5.41, 5.74) is 6.30. The van der Waals surface area contributed by atoms with E-state index >= 15 is 0 Å². The van der Waals surface area contributed by atoms with E-state index in [1.54, 1.807) is 0 Å². The molecule has 1 aliphatic heterocycles. The van der Waals surface area contributed by atoms with Crippen LogP contribution in [-0.2, 0) is 9.59 Å². The number of hydrogen-bond donors (Lipinski definition) is 3. The lowest BCUT2D eigenvalue weighted by molar-refractivity contribution is -0.125. The summed E-state index contributed by atoms with van der Waals surface area (Å²) in [5, 5.41) is 5.98. The molecule has 2 amide bonds. The van der Waals surface area contributed by atoms with Gasteiger partial charge in [0.1, 0.15) is 0 Å². The number of carbonyl (C=O) groups is 2. The first-order valence-electron chi connectivity index (χ1n) is 8.05. The van der Waals surface area contributed by atoms with E-state index in [4.69, 9.17) is 17.3 Å². The topological polar surface area (TPSA) is 90.7 Å². The van der Waals surface area contributed by atoms with Crippen LogP contribution in [0.5, 0.6) is 0 Å². The second-order valence-corrected chi connectivity index (χ2v) is 6.08. The van der Waals surface area contributed by atoms with Crippen molar-refractivity contribution in [2.75, 3.05) is 57.3 Å². The van der Waals surface area contributed by atoms with Crippen LogP contribution in [0.15, 0.2) is 24.3 Å². The highest BCUT2D eigenvalue weighted by Crippen LogP contribution is 2.20. The van der Waals surface area contributed by atoms with Crippen molar-refractivity contribution < 1.29 is 9.59 Å². The van der Waals surface area contributed by atoms with Gasteiger partial charge in [0.05, 0.1) is 13.1 Å². The molecule has 1 heterocycles. The molecule has 0 bridgehead atoms. The number of amides is 2. The Labute approximate surface area is 183 Å². The van der Waals surface area contributed by atoms with Crippen LogP contribution in [0.25, 0.3) is 0 Å². The lowest BCUT2D eigenvalue weighted by Crippen LogP contribution is -2.49. The Morgan fingerprint density at radius 3 is 2.30 bits per heavy atom. The summed E-state index contributed by atoms with van der Waals surface area (Å²) in [7, 11) is 0. The van der Waals surface area contributed by atoms with Crippen LogP contribution in [-0.4, -0.2) is 69.1 Å². The van der Waals surface area contributed by atoms with Crippen molar-refractivity contribution in [1.82, 2.24) is 15.5 Å². The fourth-order valence-electron chi connectivity index (χ4n) is 2.57. The highest BCUT2D eigenvalue weighted by atomic mass is 35.5. The molecule has 0 radical (unpaired) electrons. The van der Waals surface area contributed by atoms with Crippen LogP contribution < -0.4 is 21.3 Å². The Bertz CT molecular complexity index is 571. The lowest BCUT2D eigenvalue weighted by Gasteiger charge is -2.36. The van der Waals surface area contributed by atoms with Crippen LogP contribution in [0, 0.1) is 0 Å². The first-order valence-corrected chi connectivity index (χ1v) is 8.42. The van der Waals surface area contributed by atoms with Gasteiger partial charge in [-0.3, -0.25) is 14.5 Å². The molecule has 11 heteroatoms.